The highest BCUT2D eigenvalue weighted by atomic mass is 16.5. The van der Waals surface area contributed by atoms with E-state index in [9.17, 15) is 9.59 Å². The first-order chi connectivity index (χ1) is 17.5. The quantitative estimate of drug-likeness (QED) is 0.442. The van der Waals surface area contributed by atoms with Crippen molar-refractivity contribution in [2.45, 2.75) is 26.8 Å². The molecule has 0 radical (unpaired) electrons. The lowest BCUT2D eigenvalue weighted by atomic mass is 9.91. The summed E-state index contributed by atoms with van der Waals surface area (Å²) in [6.45, 7) is 5.52. The van der Waals surface area contributed by atoms with Crippen LogP contribution in [0.4, 0.5) is 4.79 Å². The van der Waals surface area contributed by atoms with Crippen LogP contribution in [0.5, 0.6) is 5.75 Å². The molecule has 6 heteroatoms. The number of allylic oxidation sites excluding steroid dienone is 1. The van der Waals surface area contributed by atoms with E-state index in [0.29, 0.717) is 29.2 Å². The number of esters is 1. The minimum atomic E-state index is -0.832. The predicted molar refractivity (Wildman–Crippen MR) is 161 cm³/mol. The molecule has 0 bridgehead atoms. The Balaban J connectivity index is -0.000000127. The van der Waals surface area contributed by atoms with Crippen LogP contribution in [0, 0.1) is 82.9 Å². The maximum Gasteiger partial charge on any atom is 0.337 e. The van der Waals surface area contributed by atoms with E-state index in [-0.39, 0.29) is 22.7 Å². The lowest BCUT2D eigenvalue weighted by Crippen LogP contribution is -2.45. The molecule has 1 aromatic rings. The molecular formula is C30H44N2O4. The lowest BCUT2D eigenvalue weighted by Gasteiger charge is -2.29. The van der Waals surface area contributed by atoms with Crippen LogP contribution < -0.4 is 15.4 Å². The average Bonchev–Trinajstić information content (AvgIpc) is 2.86. The maximum atomic E-state index is 12.5. The van der Waals surface area contributed by atoms with Gasteiger partial charge in [-0.1, -0.05) is 17.9 Å². The van der Waals surface area contributed by atoms with Gasteiger partial charge in [-0.15, -0.1) is 0 Å². The largest absolute Gasteiger partial charge is 0.493 e. The van der Waals surface area contributed by atoms with Gasteiger partial charge < -0.3 is 20.1 Å². The van der Waals surface area contributed by atoms with Gasteiger partial charge in [0.05, 0.1) is 25.3 Å². The number of benzene rings is 1. The summed E-state index contributed by atoms with van der Waals surface area (Å²) in [4.78, 5) is 24.7. The third kappa shape index (κ3) is 7.78. The smallest absolute Gasteiger partial charge is 0.337 e. The first-order valence-corrected chi connectivity index (χ1v) is 10.6. The molecule has 2 rings (SSSR count). The molecule has 0 spiro atoms. The number of nitrogens with one attached hydrogen (secondary N) is 2. The number of carbonyl (C=O) groups excluding carboxylic acids is 2. The van der Waals surface area contributed by atoms with E-state index >= 15 is 0 Å². The summed E-state index contributed by atoms with van der Waals surface area (Å²) < 4.78 is 10.7. The van der Waals surface area contributed by atoms with Crippen LogP contribution in [0.2, 0.25) is 0 Å². The molecule has 1 unspecified atom stereocenters. The molecule has 0 aromatic heterocycles. The van der Waals surface area contributed by atoms with Gasteiger partial charge in [0.25, 0.3) is 0 Å². The number of urea groups is 1. The molecule has 0 saturated heterocycles. The Morgan fingerprint density at radius 2 is 1.56 bits per heavy atom. The molecule has 0 aliphatic carbocycles. The van der Waals surface area contributed by atoms with Crippen molar-refractivity contribution in [2.75, 3.05) is 13.7 Å². The number of carbonyl (C=O) groups is 2. The van der Waals surface area contributed by atoms with E-state index in [1.165, 1.54) is 7.11 Å². The molecule has 1 aliphatic rings. The predicted octanol–water partition coefficient (Wildman–Crippen LogP) is 5.23. The van der Waals surface area contributed by atoms with Gasteiger partial charge >= 0.3 is 12.0 Å². The Hall–Kier alpha value is -5.58. The van der Waals surface area contributed by atoms with Crippen molar-refractivity contribution >= 4 is 12.0 Å². The highest BCUT2D eigenvalue weighted by molar-refractivity contribution is 5.95. The fourth-order valence-corrected chi connectivity index (χ4v) is 3.00. The number of amides is 2. The van der Waals surface area contributed by atoms with Crippen LogP contribution in [0.3, 0.4) is 0 Å². The number of methoxy groups -OCH3 is 1. The zero-order valence-corrected chi connectivity index (χ0v) is 20.1. The van der Waals surface area contributed by atoms with Crippen LogP contribution in [0.15, 0.2) is 29.5 Å². The monoisotopic (exact) mass is 496 g/mol. The minimum absolute atomic E-state index is 0. The zero-order chi connectivity index (χ0) is 26.2. The topological polar surface area (TPSA) is 76.7 Å². The van der Waals surface area contributed by atoms with Crippen molar-refractivity contribution in [1.82, 2.24) is 10.6 Å². The fraction of sp³-hybridized carbons (Fsp3) is 0.200. The second-order valence-corrected chi connectivity index (χ2v) is 6.59. The van der Waals surface area contributed by atoms with Gasteiger partial charge in [0.1, 0.15) is 5.75 Å². The second kappa shape index (κ2) is 14.5. The molecule has 6 nitrogen and oxygen atoms in total. The van der Waals surface area contributed by atoms with Crippen molar-refractivity contribution in [3.8, 4) is 88.6 Å². The summed E-state index contributed by atoms with van der Waals surface area (Å²) in [6, 6.07) is 3.96. The van der Waals surface area contributed by atoms with Crippen molar-refractivity contribution in [1.29, 1.82) is 0 Å². The summed E-state index contributed by atoms with van der Waals surface area (Å²) >= 11 is 0. The van der Waals surface area contributed by atoms with E-state index in [4.69, 9.17) is 9.47 Å². The summed E-state index contributed by atoms with van der Waals surface area (Å²) in [5, 5.41) is 5.35. The van der Waals surface area contributed by atoms with E-state index in [1.54, 1.807) is 32.0 Å². The molecule has 198 valence electrons. The van der Waals surface area contributed by atoms with Crippen molar-refractivity contribution in [3.63, 3.8) is 0 Å². The third-order valence-electron chi connectivity index (χ3n) is 4.34. The van der Waals surface area contributed by atoms with E-state index in [1.807, 2.05) is 6.92 Å². The van der Waals surface area contributed by atoms with E-state index in [2.05, 4.69) is 93.5 Å². The molecule has 0 saturated carbocycles. The van der Waals surface area contributed by atoms with Gasteiger partial charge in [-0.25, -0.2) is 9.59 Å². The van der Waals surface area contributed by atoms with E-state index in [0.717, 1.165) is 0 Å². The Morgan fingerprint density at radius 3 is 2.11 bits per heavy atom. The van der Waals surface area contributed by atoms with Gasteiger partial charge in [0.2, 0.25) is 0 Å². The summed E-state index contributed by atoms with van der Waals surface area (Å²) in [7, 11) is 1.27. The van der Waals surface area contributed by atoms with E-state index < -0.39 is 18.0 Å². The van der Waals surface area contributed by atoms with Crippen molar-refractivity contribution in [3.05, 3.63) is 40.6 Å². The Labute approximate surface area is 229 Å². The van der Waals surface area contributed by atoms with Crippen LogP contribution in [-0.4, -0.2) is 25.7 Å². The Kier molecular flexibility index (Phi) is 10.8. The molecule has 2 N–H and O–H groups in total. The normalized spacial score (nSPS) is 12.3. The first-order valence-electron chi connectivity index (χ1n) is 10.6. The highest BCUT2D eigenvalue weighted by Crippen LogP contribution is 2.35. The Bertz CT molecular complexity index is 1570. The molecule has 1 atom stereocenters. The fourth-order valence-electron chi connectivity index (χ4n) is 3.00. The standard InChI is InChI=1S/C30H20N2O4.12H2/c1-5-7-8-9-10-11-12-13-14-15-16-17-18-20-24-21-19-22-25(36-6-2)27(24)28-26(29(33)35-4)23(3)31-30(34)32-28;;;;;;;;;;;;/h19,21-22,28H,6H2,1-4H3,(H2,31,32,34);12*1H. The molecule has 36 heavy (non-hydrogen) atoms. The number of ether oxygens (including phenoxy) is 2. The van der Waals surface area contributed by atoms with Gasteiger partial charge in [0, 0.05) is 33.9 Å². The maximum absolute atomic E-state index is 12.5. The molecular weight excluding hydrogens is 452 g/mol. The molecule has 0 fully saturated rings. The highest BCUT2D eigenvalue weighted by Gasteiger charge is 2.35. The summed E-state index contributed by atoms with van der Waals surface area (Å²) in [6.07, 6.45) is 0. The Morgan fingerprint density at radius 1 is 0.972 bits per heavy atom. The number of rotatable bonds is 4. The van der Waals surface area contributed by atoms with Gasteiger partial charge in [0.15, 0.2) is 0 Å². The SMILES string of the molecule is CC#CC#CC#CC#CC#CC#CC#Cc1cccc(OCC)c1C1NC(=O)NC(C)=C1C(=O)OC.[HH].[HH].[HH].[HH].[HH].[HH].[HH].[HH].[HH].[HH].[HH].[HH]. The van der Waals surface area contributed by atoms with Crippen LogP contribution >= 0.6 is 0 Å². The summed E-state index contributed by atoms with van der Waals surface area (Å²) in [5.41, 5.74) is 1.67. The zero-order valence-electron chi connectivity index (χ0n) is 20.1. The van der Waals surface area contributed by atoms with Crippen molar-refractivity contribution in [2.24, 2.45) is 0 Å². The minimum Gasteiger partial charge on any atom is -0.493 e. The average molecular weight is 497 g/mol. The molecule has 1 heterocycles. The van der Waals surface area contributed by atoms with Crippen LogP contribution in [-0.2, 0) is 9.53 Å². The van der Waals surface area contributed by atoms with Crippen LogP contribution in [0.25, 0.3) is 0 Å². The van der Waals surface area contributed by atoms with Crippen molar-refractivity contribution < 1.29 is 36.2 Å². The number of hydrogen-bond acceptors (Lipinski definition) is 4. The lowest BCUT2D eigenvalue weighted by molar-refractivity contribution is -0.136. The van der Waals surface area contributed by atoms with Gasteiger partial charge in [-0.3, -0.25) is 0 Å². The first kappa shape index (κ1) is 26.7. The number of hydrogen-bond donors (Lipinski definition) is 2. The van der Waals surface area contributed by atoms with Gasteiger partial charge in [-0.05, 0) is 104 Å². The third-order valence-corrected chi connectivity index (χ3v) is 4.34. The molecule has 1 aliphatic heterocycles. The summed E-state index contributed by atoms with van der Waals surface area (Å²) in [5.74, 6) is 36.3. The second-order valence-electron chi connectivity index (χ2n) is 6.59. The van der Waals surface area contributed by atoms with Crippen LogP contribution in [0.1, 0.15) is 55.1 Å². The molecule has 1 aromatic carbocycles. The molecule has 2 amide bonds. The van der Waals surface area contributed by atoms with Gasteiger partial charge in [-0.2, -0.15) is 0 Å².